The Hall–Kier alpha value is -0.820. The van der Waals surface area contributed by atoms with Gasteiger partial charge >= 0.3 is 0 Å². The topological polar surface area (TPSA) is 12.0 Å². The zero-order valence-corrected chi connectivity index (χ0v) is 13.5. The minimum absolute atomic E-state index is 0.734. The van der Waals surface area contributed by atoms with Gasteiger partial charge in [0.25, 0.3) is 0 Å². The van der Waals surface area contributed by atoms with E-state index in [2.05, 4.69) is 50.4 Å². The highest BCUT2D eigenvalue weighted by Crippen LogP contribution is 2.34. The van der Waals surface area contributed by atoms with Gasteiger partial charge < -0.3 is 5.32 Å². The van der Waals surface area contributed by atoms with Gasteiger partial charge in [0.15, 0.2) is 0 Å². The minimum atomic E-state index is 0.734. The average molecular weight is 273 g/mol. The molecule has 1 fully saturated rings. The van der Waals surface area contributed by atoms with Crippen LogP contribution >= 0.6 is 0 Å². The van der Waals surface area contributed by atoms with Gasteiger partial charge in [-0.1, -0.05) is 44.5 Å². The highest BCUT2D eigenvalue weighted by Gasteiger charge is 2.29. The third-order valence-corrected chi connectivity index (χ3v) is 5.07. The Morgan fingerprint density at radius 2 is 1.95 bits per heavy atom. The van der Waals surface area contributed by atoms with Crippen molar-refractivity contribution in [2.24, 2.45) is 11.8 Å². The van der Waals surface area contributed by atoms with E-state index < -0.39 is 0 Å². The summed E-state index contributed by atoms with van der Waals surface area (Å²) in [6.45, 7) is 8.05. The normalized spacial score (nSPS) is 26.6. The molecule has 3 unspecified atom stereocenters. The lowest BCUT2D eigenvalue weighted by molar-refractivity contribution is 0.198. The Morgan fingerprint density at radius 1 is 1.15 bits per heavy atom. The van der Waals surface area contributed by atoms with E-state index in [9.17, 15) is 0 Å². The van der Waals surface area contributed by atoms with E-state index in [1.54, 1.807) is 5.56 Å². The second-order valence-electron chi connectivity index (χ2n) is 6.54. The van der Waals surface area contributed by atoms with Gasteiger partial charge in [0.2, 0.25) is 0 Å². The van der Waals surface area contributed by atoms with Crippen LogP contribution in [0.5, 0.6) is 0 Å². The quantitative estimate of drug-likeness (QED) is 0.790. The van der Waals surface area contributed by atoms with E-state index >= 15 is 0 Å². The molecule has 1 N–H and O–H groups in total. The van der Waals surface area contributed by atoms with Crippen LogP contribution in [-0.4, -0.2) is 12.6 Å². The van der Waals surface area contributed by atoms with Crippen LogP contribution < -0.4 is 5.32 Å². The molecule has 1 aromatic carbocycles. The Kier molecular flexibility index (Phi) is 6.09. The third-order valence-electron chi connectivity index (χ3n) is 5.07. The highest BCUT2D eigenvalue weighted by atomic mass is 14.9. The molecule has 2 rings (SSSR count). The number of aryl methyl sites for hydroxylation is 1. The van der Waals surface area contributed by atoms with Crippen molar-refractivity contribution in [2.75, 3.05) is 6.54 Å². The second kappa shape index (κ2) is 7.83. The largest absolute Gasteiger partial charge is 0.314 e. The summed E-state index contributed by atoms with van der Waals surface area (Å²) in [7, 11) is 0. The van der Waals surface area contributed by atoms with E-state index in [4.69, 9.17) is 0 Å². The van der Waals surface area contributed by atoms with Crippen LogP contribution in [0, 0.1) is 18.8 Å². The predicted molar refractivity (Wildman–Crippen MR) is 88.1 cm³/mol. The van der Waals surface area contributed by atoms with Gasteiger partial charge in [-0.05, 0) is 68.5 Å². The van der Waals surface area contributed by atoms with Gasteiger partial charge in [-0.2, -0.15) is 0 Å². The number of benzene rings is 1. The minimum Gasteiger partial charge on any atom is -0.314 e. The first-order chi connectivity index (χ1) is 9.74. The summed E-state index contributed by atoms with van der Waals surface area (Å²) in [6, 6.07) is 9.65. The maximum Gasteiger partial charge on any atom is 0.00987 e. The fourth-order valence-electron chi connectivity index (χ4n) is 3.68. The summed E-state index contributed by atoms with van der Waals surface area (Å²) in [5, 5.41) is 3.81. The summed E-state index contributed by atoms with van der Waals surface area (Å²) < 4.78 is 0. The first kappa shape index (κ1) is 15.6. The molecule has 0 aliphatic heterocycles. The van der Waals surface area contributed by atoms with Crippen LogP contribution in [0.2, 0.25) is 0 Å². The lowest BCUT2D eigenvalue weighted by atomic mass is 9.74. The summed E-state index contributed by atoms with van der Waals surface area (Å²) >= 11 is 0. The van der Waals surface area contributed by atoms with Crippen molar-refractivity contribution in [3.63, 3.8) is 0 Å². The maximum atomic E-state index is 3.81. The van der Waals surface area contributed by atoms with Crippen molar-refractivity contribution in [2.45, 2.75) is 65.3 Å². The van der Waals surface area contributed by atoms with Gasteiger partial charge in [0, 0.05) is 6.04 Å². The molecule has 112 valence electrons. The molecule has 0 amide bonds. The maximum absolute atomic E-state index is 3.81. The van der Waals surface area contributed by atoms with E-state index in [0.717, 1.165) is 17.9 Å². The van der Waals surface area contributed by atoms with Gasteiger partial charge in [0.05, 0.1) is 0 Å². The molecule has 0 aromatic heterocycles. The van der Waals surface area contributed by atoms with E-state index in [1.165, 1.54) is 50.6 Å². The summed E-state index contributed by atoms with van der Waals surface area (Å²) in [5.41, 5.74) is 3.01. The SMILES string of the molecule is CCCNC1CCC(CC)CC1Cc1ccccc1C. The van der Waals surface area contributed by atoms with Gasteiger partial charge in [-0.15, -0.1) is 0 Å². The summed E-state index contributed by atoms with van der Waals surface area (Å²) in [5.74, 6) is 1.77. The molecule has 1 saturated carbocycles. The number of hydrogen-bond acceptors (Lipinski definition) is 1. The molecular weight excluding hydrogens is 242 g/mol. The average Bonchev–Trinajstić information content (AvgIpc) is 2.48. The molecule has 1 aliphatic rings. The zero-order valence-electron chi connectivity index (χ0n) is 13.5. The molecule has 0 saturated heterocycles. The van der Waals surface area contributed by atoms with Crippen molar-refractivity contribution in [1.82, 2.24) is 5.32 Å². The van der Waals surface area contributed by atoms with Crippen molar-refractivity contribution in [3.8, 4) is 0 Å². The third kappa shape index (κ3) is 4.09. The van der Waals surface area contributed by atoms with Crippen LogP contribution in [0.4, 0.5) is 0 Å². The smallest absolute Gasteiger partial charge is 0.00987 e. The molecular formula is C19H31N. The first-order valence-electron chi connectivity index (χ1n) is 8.52. The van der Waals surface area contributed by atoms with E-state index in [1.807, 2.05) is 0 Å². The molecule has 0 radical (unpaired) electrons. The molecule has 1 nitrogen and oxygen atoms in total. The Balaban J connectivity index is 2.04. The molecule has 0 bridgehead atoms. The fourth-order valence-corrected chi connectivity index (χ4v) is 3.68. The molecule has 1 heteroatoms. The monoisotopic (exact) mass is 273 g/mol. The van der Waals surface area contributed by atoms with Gasteiger partial charge in [0.1, 0.15) is 0 Å². The van der Waals surface area contributed by atoms with Crippen molar-refractivity contribution >= 4 is 0 Å². The molecule has 0 heterocycles. The summed E-state index contributed by atoms with van der Waals surface area (Å²) in [6.07, 6.45) is 8.05. The molecule has 0 spiro atoms. The lowest BCUT2D eigenvalue weighted by Gasteiger charge is -2.37. The number of rotatable bonds is 6. The van der Waals surface area contributed by atoms with Crippen LogP contribution in [-0.2, 0) is 6.42 Å². The van der Waals surface area contributed by atoms with Crippen molar-refractivity contribution in [1.29, 1.82) is 0 Å². The lowest BCUT2D eigenvalue weighted by Crippen LogP contribution is -2.42. The van der Waals surface area contributed by atoms with Crippen LogP contribution in [0.25, 0.3) is 0 Å². The fraction of sp³-hybridized carbons (Fsp3) is 0.684. The number of hydrogen-bond donors (Lipinski definition) is 1. The highest BCUT2D eigenvalue weighted by molar-refractivity contribution is 5.26. The molecule has 1 aliphatic carbocycles. The standard InChI is InChI=1S/C19H31N/c1-4-12-20-19-11-10-16(5-2)13-18(19)14-17-9-7-6-8-15(17)3/h6-9,16,18-20H,4-5,10-14H2,1-3H3. The first-order valence-corrected chi connectivity index (χ1v) is 8.52. The van der Waals surface area contributed by atoms with E-state index in [-0.39, 0.29) is 0 Å². The Bertz CT molecular complexity index is 399. The van der Waals surface area contributed by atoms with Gasteiger partial charge in [-0.3, -0.25) is 0 Å². The Morgan fingerprint density at radius 3 is 2.65 bits per heavy atom. The van der Waals surface area contributed by atoms with Gasteiger partial charge in [-0.25, -0.2) is 0 Å². The number of nitrogens with one attached hydrogen (secondary N) is 1. The van der Waals surface area contributed by atoms with Crippen LogP contribution in [0.3, 0.4) is 0 Å². The zero-order chi connectivity index (χ0) is 14.4. The molecule has 1 aromatic rings. The van der Waals surface area contributed by atoms with Crippen molar-refractivity contribution < 1.29 is 0 Å². The molecule has 20 heavy (non-hydrogen) atoms. The van der Waals surface area contributed by atoms with Crippen molar-refractivity contribution in [3.05, 3.63) is 35.4 Å². The Labute approximate surface area is 125 Å². The molecule has 3 atom stereocenters. The second-order valence-corrected chi connectivity index (χ2v) is 6.54. The van der Waals surface area contributed by atoms with E-state index in [0.29, 0.717) is 0 Å². The summed E-state index contributed by atoms with van der Waals surface area (Å²) in [4.78, 5) is 0. The van der Waals surface area contributed by atoms with Crippen LogP contribution in [0.15, 0.2) is 24.3 Å². The predicted octanol–water partition coefficient (Wildman–Crippen LogP) is 4.73. The van der Waals surface area contributed by atoms with Crippen LogP contribution in [0.1, 0.15) is 57.1 Å².